The number of hydrogen-bond acceptors (Lipinski definition) is 5. The molecule has 6 nitrogen and oxygen atoms in total. The minimum Gasteiger partial charge on any atom is -0.490 e. The lowest BCUT2D eigenvalue weighted by Gasteiger charge is -2.18. The average molecular weight is 439 g/mol. The number of carbonyl (C=O) groups excluding carboxylic acids is 1. The summed E-state index contributed by atoms with van der Waals surface area (Å²) in [6.07, 6.45) is -5.04. The predicted octanol–water partition coefficient (Wildman–Crippen LogP) is 4.05. The zero-order valence-corrected chi connectivity index (χ0v) is 17.6. The molecule has 1 N–H and O–H groups in total. The Bertz CT molecular complexity index is 750. The normalized spacial score (nSPS) is 13.2. The lowest BCUT2D eigenvalue weighted by Crippen LogP contribution is -2.34. The number of halogens is 3. The topological polar surface area (TPSA) is 81.7 Å². The minimum absolute atomic E-state index is 0.0125. The van der Waals surface area contributed by atoms with Crippen LogP contribution >= 0.6 is 0 Å². The fraction of sp³-hybridized carbons (Fsp3) is 0.632. The third kappa shape index (κ3) is 10.4. The van der Waals surface area contributed by atoms with E-state index in [1.54, 1.807) is 6.92 Å². The van der Waals surface area contributed by atoms with Gasteiger partial charge in [-0.05, 0) is 37.0 Å². The summed E-state index contributed by atoms with van der Waals surface area (Å²) >= 11 is 0. The second kappa shape index (κ2) is 11.3. The summed E-state index contributed by atoms with van der Waals surface area (Å²) in [5.74, 6) is 0.152. The Morgan fingerprint density at radius 2 is 1.90 bits per heavy atom. The number of hydrogen-bond donors (Lipinski definition) is 1. The Balaban J connectivity index is 2.44. The lowest BCUT2D eigenvalue weighted by atomic mass is 10.2. The summed E-state index contributed by atoms with van der Waals surface area (Å²) in [5.41, 5.74) is -0.833. The summed E-state index contributed by atoms with van der Waals surface area (Å²) in [4.78, 5) is 11.8. The third-order valence-corrected chi connectivity index (χ3v) is 5.70. The van der Waals surface area contributed by atoms with Crippen LogP contribution in [-0.2, 0) is 20.8 Å². The maximum atomic E-state index is 12.7. The molecule has 166 valence electrons. The highest BCUT2D eigenvalue weighted by molar-refractivity contribution is 7.91. The summed E-state index contributed by atoms with van der Waals surface area (Å²) in [5, 5.41) is 2.37. The van der Waals surface area contributed by atoms with E-state index in [0.29, 0.717) is 12.8 Å². The van der Waals surface area contributed by atoms with Gasteiger partial charge in [-0.2, -0.15) is 13.2 Å². The largest absolute Gasteiger partial charge is 0.490 e. The van der Waals surface area contributed by atoms with Crippen molar-refractivity contribution in [3.63, 3.8) is 0 Å². The van der Waals surface area contributed by atoms with Gasteiger partial charge >= 0.3 is 12.3 Å². The standard InChI is InChI=1S/C19H28F3NO5S/c1-4-16(13-27-17-7-5-6-15(12-17)19(20,21)22)28-18(24)23-9-11-29(25,26)10-8-14(2)3/h5-7,12,14,16H,4,8-11,13H2,1-3H3,(H,23,24). The Hall–Kier alpha value is -1.97. The van der Waals surface area contributed by atoms with E-state index in [4.69, 9.17) is 9.47 Å². The molecule has 0 aliphatic carbocycles. The molecule has 0 aliphatic heterocycles. The fourth-order valence-corrected chi connectivity index (χ4v) is 3.65. The molecule has 0 aromatic heterocycles. The van der Waals surface area contributed by atoms with Crippen molar-refractivity contribution in [3.8, 4) is 5.75 Å². The first kappa shape index (κ1) is 25.1. The Kier molecular flexibility index (Phi) is 9.75. The number of alkyl halides is 3. The lowest BCUT2D eigenvalue weighted by molar-refractivity contribution is -0.137. The summed E-state index contributed by atoms with van der Waals surface area (Å²) < 4.78 is 72.3. The van der Waals surface area contributed by atoms with Crippen molar-refractivity contribution in [2.75, 3.05) is 24.7 Å². The van der Waals surface area contributed by atoms with Gasteiger partial charge in [-0.15, -0.1) is 0 Å². The molecule has 0 saturated carbocycles. The van der Waals surface area contributed by atoms with Gasteiger partial charge < -0.3 is 14.8 Å². The minimum atomic E-state index is -4.48. The van der Waals surface area contributed by atoms with Crippen molar-refractivity contribution in [1.29, 1.82) is 0 Å². The molecule has 0 fully saturated rings. The second-order valence-electron chi connectivity index (χ2n) is 7.03. The maximum Gasteiger partial charge on any atom is 0.416 e. The van der Waals surface area contributed by atoms with E-state index >= 15 is 0 Å². The van der Waals surface area contributed by atoms with Crippen molar-refractivity contribution in [2.45, 2.75) is 45.9 Å². The molecular formula is C19H28F3NO5S. The van der Waals surface area contributed by atoms with Crippen LogP contribution in [0.3, 0.4) is 0 Å². The smallest absolute Gasteiger partial charge is 0.416 e. The van der Waals surface area contributed by atoms with Crippen molar-refractivity contribution >= 4 is 15.9 Å². The van der Waals surface area contributed by atoms with Crippen molar-refractivity contribution in [3.05, 3.63) is 29.8 Å². The Labute approximate surface area is 169 Å². The summed E-state index contributed by atoms with van der Waals surface area (Å²) in [7, 11) is -3.26. The number of alkyl carbamates (subject to hydrolysis) is 1. The molecule has 10 heteroatoms. The van der Waals surface area contributed by atoms with Gasteiger partial charge in [0.1, 0.15) is 18.5 Å². The number of carbonyl (C=O) groups is 1. The SMILES string of the molecule is CCC(COc1cccc(C(F)(F)F)c1)OC(=O)NCCS(=O)(=O)CCC(C)C. The number of sulfone groups is 1. The van der Waals surface area contributed by atoms with Gasteiger partial charge in [-0.1, -0.05) is 26.8 Å². The van der Waals surface area contributed by atoms with Crippen molar-refractivity contribution in [1.82, 2.24) is 5.32 Å². The van der Waals surface area contributed by atoms with Crippen molar-refractivity contribution in [2.24, 2.45) is 5.92 Å². The van der Waals surface area contributed by atoms with E-state index in [1.807, 2.05) is 13.8 Å². The van der Waals surface area contributed by atoms with E-state index in [1.165, 1.54) is 12.1 Å². The molecule has 0 spiro atoms. The highest BCUT2D eigenvalue weighted by atomic mass is 32.2. The van der Waals surface area contributed by atoms with Gasteiger partial charge in [0, 0.05) is 6.54 Å². The monoisotopic (exact) mass is 439 g/mol. The van der Waals surface area contributed by atoms with Crippen LogP contribution in [0.5, 0.6) is 5.75 Å². The zero-order chi connectivity index (χ0) is 22.1. The quantitative estimate of drug-likeness (QED) is 0.563. The van der Waals surface area contributed by atoms with Crippen LogP contribution < -0.4 is 10.1 Å². The van der Waals surface area contributed by atoms with Crippen LogP contribution in [-0.4, -0.2) is 45.3 Å². The molecule has 0 radical (unpaired) electrons. The molecule has 1 atom stereocenters. The third-order valence-electron chi connectivity index (χ3n) is 4.01. The fourth-order valence-electron chi connectivity index (χ4n) is 2.21. The van der Waals surface area contributed by atoms with Crippen LogP contribution in [0, 0.1) is 5.92 Å². The molecule has 1 aromatic carbocycles. The van der Waals surface area contributed by atoms with Gasteiger partial charge in [0.05, 0.1) is 17.1 Å². The molecule has 0 saturated heterocycles. The summed E-state index contributed by atoms with van der Waals surface area (Å²) in [6.45, 7) is 5.38. The van der Waals surface area contributed by atoms with Gasteiger partial charge in [0.25, 0.3) is 0 Å². The van der Waals surface area contributed by atoms with Crippen molar-refractivity contribution < 1.29 is 35.9 Å². The number of rotatable bonds is 11. The maximum absolute atomic E-state index is 12.7. The Morgan fingerprint density at radius 3 is 2.48 bits per heavy atom. The molecule has 29 heavy (non-hydrogen) atoms. The van der Waals surface area contributed by atoms with Crippen LogP contribution in [0.2, 0.25) is 0 Å². The molecule has 0 aliphatic rings. The number of ether oxygens (including phenoxy) is 2. The summed E-state index contributed by atoms with van der Waals surface area (Å²) in [6, 6.07) is 4.41. The number of amides is 1. The van der Waals surface area contributed by atoms with Crippen LogP contribution in [0.1, 0.15) is 39.2 Å². The molecular weight excluding hydrogens is 411 g/mol. The highest BCUT2D eigenvalue weighted by Crippen LogP contribution is 2.31. The molecule has 1 amide bonds. The van der Waals surface area contributed by atoms with Crippen LogP contribution in [0.15, 0.2) is 24.3 Å². The van der Waals surface area contributed by atoms with Crippen LogP contribution in [0.25, 0.3) is 0 Å². The molecule has 1 aromatic rings. The van der Waals surface area contributed by atoms with E-state index in [0.717, 1.165) is 12.1 Å². The average Bonchev–Trinajstić information content (AvgIpc) is 2.63. The van der Waals surface area contributed by atoms with E-state index < -0.39 is 33.8 Å². The second-order valence-corrected chi connectivity index (χ2v) is 9.34. The van der Waals surface area contributed by atoms with Gasteiger partial charge in [0.15, 0.2) is 9.84 Å². The first-order valence-corrected chi connectivity index (χ1v) is 11.2. The number of nitrogens with one attached hydrogen (secondary N) is 1. The molecule has 0 bridgehead atoms. The highest BCUT2D eigenvalue weighted by Gasteiger charge is 2.30. The first-order valence-electron chi connectivity index (χ1n) is 9.38. The van der Waals surface area contributed by atoms with Crippen LogP contribution in [0.4, 0.5) is 18.0 Å². The Morgan fingerprint density at radius 1 is 1.21 bits per heavy atom. The zero-order valence-electron chi connectivity index (χ0n) is 16.8. The first-order chi connectivity index (χ1) is 13.4. The molecule has 0 heterocycles. The number of benzene rings is 1. The molecule has 1 rings (SSSR count). The van der Waals surface area contributed by atoms with E-state index in [2.05, 4.69) is 5.32 Å². The van der Waals surface area contributed by atoms with Gasteiger partial charge in [0.2, 0.25) is 0 Å². The van der Waals surface area contributed by atoms with E-state index in [9.17, 15) is 26.4 Å². The predicted molar refractivity (Wildman–Crippen MR) is 104 cm³/mol. The van der Waals surface area contributed by atoms with E-state index in [-0.39, 0.29) is 36.3 Å². The molecule has 1 unspecified atom stereocenters. The van der Waals surface area contributed by atoms with Gasteiger partial charge in [-0.25, -0.2) is 13.2 Å². The van der Waals surface area contributed by atoms with Gasteiger partial charge in [-0.3, -0.25) is 0 Å².